The van der Waals surface area contributed by atoms with Crippen molar-refractivity contribution in [2.45, 2.75) is 38.4 Å². The van der Waals surface area contributed by atoms with Gasteiger partial charge in [-0.25, -0.2) is 4.39 Å². The minimum absolute atomic E-state index is 0.156. The lowest BCUT2D eigenvalue weighted by Gasteiger charge is -2.26. The average Bonchev–Trinajstić information content (AvgIpc) is 2.52. The van der Waals surface area contributed by atoms with Gasteiger partial charge in [0.25, 0.3) is 0 Å². The Labute approximate surface area is 95.1 Å². The fraction of sp³-hybridized carbons (Fsp3) is 0.538. The predicted molar refractivity (Wildman–Crippen MR) is 59.8 cm³/mol. The third kappa shape index (κ3) is 2.11. The van der Waals surface area contributed by atoms with Crippen LogP contribution in [-0.4, -0.2) is 23.4 Å². The lowest BCUT2D eigenvalue weighted by molar-refractivity contribution is -0.0269. The van der Waals surface area contributed by atoms with E-state index < -0.39 is 5.60 Å². The minimum atomic E-state index is -0.803. The molecule has 2 unspecified atom stereocenters. The van der Waals surface area contributed by atoms with Crippen molar-refractivity contribution in [3.8, 4) is 0 Å². The molecule has 1 heterocycles. The Morgan fingerprint density at radius 3 is 2.88 bits per heavy atom. The number of aryl methyl sites for hydroxylation is 1. The largest absolute Gasteiger partial charge is 0.387 e. The number of aliphatic hydroxyl groups is 1. The highest BCUT2D eigenvalue weighted by Crippen LogP contribution is 2.30. The summed E-state index contributed by atoms with van der Waals surface area (Å²) in [4.78, 5) is 0. The van der Waals surface area contributed by atoms with Gasteiger partial charge in [-0.2, -0.15) is 0 Å². The molecule has 2 rings (SSSR count). The average molecular weight is 224 g/mol. The van der Waals surface area contributed by atoms with Gasteiger partial charge in [-0.3, -0.25) is 0 Å². The SMILES string of the molecule is Cc1cc(F)ccc1CC1(O)CCOC1C. The van der Waals surface area contributed by atoms with Gasteiger partial charge in [-0.1, -0.05) is 6.07 Å². The molecule has 2 atom stereocenters. The fourth-order valence-electron chi connectivity index (χ4n) is 2.19. The van der Waals surface area contributed by atoms with Crippen LogP contribution in [0, 0.1) is 12.7 Å². The number of hydrogen-bond donors (Lipinski definition) is 1. The smallest absolute Gasteiger partial charge is 0.123 e. The van der Waals surface area contributed by atoms with Crippen molar-refractivity contribution < 1.29 is 14.2 Å². The molecule has 1 fully saturated rings. The maximum atomic E-state index is 12.9. The summed E-state index contributed by atoms with van der Waals surface area (Å²) in [6.07, 6.45) is 1.02. The third-order valence-corrected chi connectivity index (χ3v) is 3.46. The van der Waals surface area contributed by atoms with Crippen LogP contribution >= 0.6 is 0 Å². The van der Waals surface area contributed by atoms with Crippen LogP contribution in [0.4, 0.5) is 4.39 Å². The van der Waals surface area contributed by atoms with E-state index in [1.165, 1.54) is 12.1 Å². The van der Waals surface area contributed by atoms with Crippen LogP contribution in [0.3, 0.4) is 0 Å². The van der Waals surface area contributed by atoms with Crippen LogP contribution < -0.4 is 0 Å². The van der Waals surface area contributed by atoms with E-state index in [-0.39, 0.29) is 11.9 Å². The van der Waals surface area contributed by atoms with Crippen molar-refractivity contribution in [1.82, 2.24) is 0 Å². The topological polar surface area (TPSA) is 29.5 Å². The maximum Gasteiger partial charge on any atom is 0.123 e. The Hall–Kier alpha value is -0.930. The standard InChI is InChI=1S/C13H17FO2/c1-9-7-12(14)4-3-11(9)8-13(15)5-6-16-10(13)2/h3-4,7,10,15H,5-6,8H2,1-2H3. The molecule has 0 aromatic heterocycles. The lowest BCUT2D eigenvalue weighted by atomic mass is 9.87. The molecule has 3 heteroatoms. The maximum absolute atomic E-state index is 12.9. The molecule has 1 aromatic rings. The number of hydrogen-bond acceptors (Lipinski definition) is 2. The van der Waals surface area contributed by atoms with E-state index in [4.69, 9.17) is 4.74 Å². The van der Waals surface area contributed by atoms with Crippen molar-refractivity contribution in [2.75, 3.05) is 6.61 Å². The lowest BCUT2D eigenvalue weighted by Crippen LogP contribution is -2.38. The molecule has 0 saturated carbocycles. The van der Waals surface area contributed by atoms with Gasteiger partial charge in [0.1, 0.15) is 5.82 Å². The molecule has 1 saturated heterocycles. The number of benzene rings is 1. The highest BCUT2D eigenvalue weighted by atomic mass is 19.1. The first-order chi connectivity index (χ1) is 7.51. The zero-order valence-corrected chi connectivity index (χ0v) is 9.66. The van der Waals surface area contributed by atoms with Crippen LogP contribution in [0.15, 0.2) is 18.2 Å². The first-order valence-electron chi connectivity index (χ1n) is 5.60. The number of rotatable bonds is 2. The number of halogens is 1. The van der Waals surface area contributed by atoms with Gasteiger partial charge in [0.15, 0.2) is 0 Å². The second-order valence-electron chi connectivity index (χ2n) is 4.61. The van der Waals surface area contributed by atoms with Gasteiger partial charge >= 0.3 is 0 Å². The molecule has 88 valence electrons. The molecular formula is C13H17FO2. The molecule has 16 heavy (non-hydrogen) atoms. The summed E-state index contributed by atoms with van der Waals surface area (Å²) in [6, 6.07) is 4.68. The zero-order chi connectivity index (χ0) is 11.8. The summed E-state index contributed by atoms with van der Waals surface area (Å²) in [6.45, 7) is 4.34. The van der Waals surface area contributed by atoms with Crippen molar-refractivity contribution in [3.63, 3.8) is 0 Å². The van der Waals surface area contributed by atoms with Crippen LogP contribution in [0.1, 0.15) is 24.5 Å². The molecule has 0 bridgehead atoms. The number of ether oxygens (including phenoxy) is 1. The minimum Gasteiger partial charge on any atom is -0.387 e. The Bertz CT molecular complexity index is 392. The molecule has 0 spiro atoms. The monoisotopic (exact) mass is 224 g/mol. The molecule has 1 aliphatic heterocycles. The van der Waals surface area contributed by atoms with E-state index >= 15 is 0 Å². The highest BCUT2D eigenvalue weighted by molar-refractivity contribution is 5.28. The van der Waals surface area contributed by atoms with E-state index in [9.17, 15) is 9.50 Å². The van der Waals surface area contributed by atoms with Gasteiger partial charge in [0.05, 0.1) is 11.7 Å². The summed E-state index contributed by atoms with van der Waals surface area (Å²) in [5, 5.41) is 10.4. The van der Waals surface area contributed by atoms with Gasteiger partial charge in [0, 0.05) is 19.4 Å². The molecule has 1 aliphatic rings. The normalized spacial score (nSPS) is 29.6. The quantitative estimate of drug-likeness (QED) is 0.834. The molecule has 1 aromatic carbocycles. The van der Waals surface area contributed by atoms with Crippen molar-refractivity contribution in [2.24, 2.45) is 0 Å². The van der Waals surface area contributed by atoms with Crippen molar-refractivity contribution in [1.29, 1.82) is 0 Å². The molecule has 1 N–H and O–H groups in total. The van der Waals surface area contributed by atoms with E-state index in [2.05, 4.69) is 0 Å². The predicted octanol–water partition coefficient (Wildman–Crippen LogP) is 2.22. The van der Waals surface area contributed by atoms with E-state index in [1.54, 1.807) is 6.07 Å². The van der Waals surface area contributed by atoms with E-state index in [0.717, 1.165) is 11.1 Å². The van der Waals surface area contributed by atoms with E-state index in [0.29, 0.717) is 19.4 Å². The summed E-state index contributed by atoms with van der Waals surface area (Å²) >= 11 is 0. The second-order valence-corrected chi connectivity index (χ2v) is 4.61. The zero-order valence-electron chi connectivity index (χ0n) is 9.66. The molecule has 0 amide bonds. The van der Waals surface area contributed by atoms with Gasteiger partial charge in [-0.05, 0) is 37.1 Å². The molecule has 0 radical (unpaired) electrons. The van der Waals surface area contributed by atoms with Crippen LogP contribution in [0.2, 0.25) is 0 Å². The van der Waals surface area contributed by atoms with Crippen LogP contribution in [0.5, 0.6) is 0 Å². The van der Waals surface area contributed by atoms with Gasteiger partial charge < -0.3 is 9.84 Å². The molecular weight excluding hydrogens is 207 g/mol. The summed E-state index contributed by atoms with van der Waals surface area (Å²) in [5.74, 6) is -0.232. The van der Waals surface area contributed by atoms with Crippen LogP contribution in [0.25, 0.3) is 0 Å². The van der Waals surface area contributed by atoms with E-state index in [1.807, 2.05) is 13.8 Å². The summed E-state index contributed by atoms with van der Waals surface area (Å²) in [5.41, 5.74) is 1.07. The summed E-state index contributed by atoms with van der Waals surface area (Å²) in [7, 11) is 0. The first-order valence-corrected chi connectivity index (χ1v) is 5.60. The van der Waals surface area contributed by atoms with Crippen molar-refractivity contribution >= 4 is 0 Å². The Kier molecular flexibility index (Phi) is 3.00. The Morgan fingerprint density at radius 1 is 1.56 bits per heavy atom. The Balaban J connectivity index is 2.20. The first kappa shape index (κ1) is 11.6. The van der Waals surface area contributed by atoms with Gasteiger partial charge in [0.2, 0.25) is 0 Å². The molecule has 0 aliphatic carbocycles. The van der Waals surface area contributed by atoms with Gasteiger partial charge in [-0.15, -0.1) is 0 Å². The fourth-order valence-corrected chi connectivity index (χ4v) is 2.19. The highest BCUT2D eigenvalue weighted by Gasteiger charge is 2.39. The van der Waals surface area contributed by atoms with Crippen molar-refractivity contribution in [3.05, 3.63) is 35.1 Å². The summed E-state index contributed by atoms with van der Waals surface area (Å²) < 4.78 is 18.3. The Morgan fingerprint density at radius 2 is 2.31 bits per heavy atom. The second kappa shape index (κ2) is 4.15. The van der Waals surface area contributed by atoms with Crippen LogP contribution in [-0.2, 0) is 11.2 Å². The molecule has 2 nitrogen and oxygen atoms in total. The third-order valence-electron chi connectivity index (χ3n) is 3.46.